The van der Waals surface area contributed by atoms with Crippen LogP contribution in [0.3, 0.4) is 0 Å². The number of anilines is 1. The van der Waals surface area contributed by atoms with Crippen molar-refractivity contribution in [1.82, 2.24) is 14.8 Å². The average molecular weight is 323 g/mol. The van der Waals surface area contributed by atoms with Crippen LogP contribution in [0, 0.1) is 5.92 Å². The van der Waals surface area contributed by atoms with Crippen LogP contribution in [0.1, 0.15) is 32.6 Å². The van der Waals surface area contributed by atoms with Crippen LogP contribution >= 0.6 is 15.9 Å². The summed E-state index contributed by atoms with van der Waals surface area (Å²) >= 11 is 3.20. The van der Waals surface area contributed by atoms with Gasteiger partial charge in [0.05, 0.1) is 0 Å². The van der Waals surface area contributed by atoms with Gasteiger partial charge in [0.2, 0.25) is 16.6 Å². The summed E-state index contributed by atoms with van der Waals surface area (Å²) in [6.45, 7) is 2.01. The first-order valence-corrected chi connectivity index (χ1v) is 6.87. The number of rotatable bonds is 3. The first-order valence-electron chi connectivity index (χ1n) is 6.08. The van der Waals surface area contributed by atoms with E-state index in [0.717, 1.165) is 0 Å². The van der Waals surface area contributed by atoms with Gasteiger partial charge in [0.25, 0.3) is 0 Å². The van der Waals surface area contributed by atoms with Crippen LogP contribution in [0.25, 0.3) is 0 Å². The summed E-state index contributed by atoms with van der Waals surface area (Å²) < 4.78 is 28.3. The van der Waals surface area contributed by atoms with Crippen LogP contribution in [0.4, 0.5) is 14.7 Å². The Morgan fingerprint density at radius 1 is 1.44 bits per heavy atom. The first kappa shape index (κ1) is 13.7. The molecule has 18 heavy (non-hydrogen) atoms. The Kier molecular flexibility index (Phi) is 3.89. The van der Waals surface area contributed by atoms with Crippen molar-refractivity contribution in [1.29, 1.82) is 0 Å². The Labute approximate surface area is 113 Å². The fraction of sp³-hybridized carbons (Fsp3) is 0.818. The van der Waals surface area contributed by atoms with Gasteiger partial charge in [-0.05, 0) is 41.6 Å². The van der Waals surface area contributed by atoms with E-state index in [1.807, 2.05) is 6.92 Å². The molecule has 0 saturated heterocycles. The molecule has 1 fully saturated rings. The molecule has 1 atom stereocenters. The molecule has 4 nitrogen and oxygen atoms in total. The Bertz CT molecular complexity index is 411. The Morgan fingerprint density at radius 2 is 2.06 bits per heavy atom. The van der Waals surface area contributed by atoms with E-state index in [1.165, 1.54) is 0 Å². The van der Waals surface area contributed by atoms with Crippen LogP contribution in [-0.2, 0) is 7.05 Å². The van der Waals surface area contributed by atoms with Crippen LogP contribution in [-0.4, -0.2) is 26.7 Å². The van der Waals surface area contributed by atoms with Crippen molar-refractivity contribution in [2.75, 3.05) is 5.32 Å². The first-order chi connectivity index (χ1) is 8.37. The number of nitrogens with one attached hydrogen (secondary N) is 1. The zero-order valence-electron chi connectivity index (χ0n) is 10.5. The fourth-order valence-corrected chi connectivity index (χ4v) is 2.77. The van der Waals surface area contributed by atoms with Gasteiger partial charge in [0, 0.05) is 25.9 Å². The summed E-state index contributed by atoms with van der Waals surface area (Å²) in [6, 6.07) is 0.121. The van der Waals surface area contributed by atoms with Crippen LogP contribution in [0.2, 0.25) is 0 Å². The molecular formula is C11H17BrF2N4. The maximum absolute atomic E-state index is 13.1. The predicted octanol–water partition coefficient (Wildman–Crippen LogP) is 3.20. The molecule has 7 heteroatoms. The van der Waals surface area contributed by atoms with Crippen LogP contribution < -0.4 is 5.32 Å². The quantitative estimate of drug-likeness (QED) is 0.929. The highest BCUT2D eigenvalue weighted by Gasteiger charge is 2.36. The van der Waals surface area contributed by atoms with E-state index in [0.29, 0.717) is 23.5 Å². The van der Waals surface area contributed by atoms with Crippen molar-refractivity contribution in [2.45, 2.75) is 44.6 Å². The molecule has 1 aromatic rings. The van der Waals surface area contributed by atoms with Gasteiger partial charge in [0.1, 0.15) is 0 Å². The number of hydrogen-bond acceptors (Lipinski definition) is 3. The van der Waals surface area contributed by atoms with Gasteiger partial charge in [-0.2, -0.15) is 4.98 Å². The van der Waals surface area contributed by atoms with E-state index in [1.54, 1.807) is 11.7 Å². The molecule has 0 aromatic carbocycles. The van der Waals surface area contributed by atoms with Gasteiger partial charge in [-0.15, -0.1) is 5.10 Å². The lowest BCUT2D eigenvalue weighted by Crippen LogP contribution is -2.34. The van der Waals surface area contributed by atoms with Gasteiger partial charge in [-0.1, -0.05) is 0 Å². The minimum atomic E-state index is -2.47. The molecule has 0 bridgehead atoms. The molecule has 1 aliphatic carbocycles. The highest BCUT2D eigenvalue weighted by Crippen LogP contribution is 2.37. The van der Waals surface area contributed by atoms with Gasteiger partial charge in [-0.25, -0.2) is 13.5 Å². The van der Waals surface area contributed by atoms with Gasteiger partial charge < -0.3 is 5.32 Å². The minimum Gasteiger partial charge on any atom is -0.352 e. The molecule has 1 aromatic heterocycles. The molecule has 1 N–H and O–H groups in total. The second-order valence-corrected chi connectivity index (χ2v) is 5.66. The van der Waals surface area contributed by atoms with E-state index in [9.17, 15) is 8.78 Å². The number of aryl methyl sites for hydroxylation is 1. The zero-order valence-corrected chi connectivity index (χ0v) is 12.0. The SMILES string of the molecule is CC(Nc1nc(Br)nn1C)C1CCC(F)(F)CC1. The van der Waals surface area contributed by atoms with Crippen molar-refractivity contribution in [3.8, 4) is 0 Å². The third-order valence-corrected chi connectivity index (χ3v) is 3.90. The largest absolute Gasteiger partial charge is 0.352 e. The molecule has 1 saturated carbocycles. The Hall–Kier alpha value is -0.720. The highest BCUT2D eigenvalue weighted by atomic mass is 79.9. The maximum Gasteiger partial charge on any atom is 0.248 e. The molecule has 0 spiro atoms. The average Bonchev–Trinajstić information content (AvgIpc) is 2.57. The number of hydrogen-bond donors (Lipinski definition) is 1. The summed E-state index contributed by atoms with van der Waals surface area (Å²) in [6.07, 6.45) is 1.10. The number of aromatic nitrogens is 3. The molecule has 0 amide bonds. The van der Waals surface area contributed by atoms with Crippen molar-refractivity contribution >= 4 is 21.9 Å². The molecule has 0 radical (unpaired) electrons. The molecule has 2 rings (SSSR count). The van der Waals surface area contributed by atoms with E-state index >= 15 is 0 Å². The number of halogens is 3. The maximum atomic E-state index is 13.1. The van der Waals surface area contributed by atoms with Crippen molar-refractivity contribution in [3.63, 3.8) is 0 Å². The second-order valence-electron chi connectivity index (χ2n) is 4.95. The van der Waals surface area contributed by atoms with Crippen LogP contribution in [0.5, 0.6) is 0 Å². The van der Waals surface area contributed by atoms with Crippen molar-refractivity contribution in [2.24, 2.45) is 13.0 Å². The third kappa shape index (κ3) is 3.18. The topological polar surface area (TPSA) is 42.7 Å². The van der Waals surface area contributed by atoms with Crippen molar-refractivity contribution in [3.05, 3.63) is 4.73 Å². The predicted molar refractivity (Wildman–Crippen MR) is 68.7 cm³/mol. The summed E-state index contributed by atoms with van der Waals surface area (Å²) in [5.41, 5.74) is 0. The summed E-state index contributed by atoms with van der Waals surface area (Å²) in [7, 11) is 1.79. The smallest absolute Gasteiger partial charge is 0.248 e. The zero-order chi connectivity index (χ0) is 13.3. The highest BCUT2D eigenvalue weighted by molar-refractivity contribution is 9.10. The van der Waals surface area contributed by atoms with E-state index in [4.69, 9.17) is 0 Å². The Balaban J connectivity index is 1.93. The summed E-state index contributed by atoms with van der Waals surface area (Å²) in [5, 5.41) is 7.31. The molecule has 1 unspecified atom stereocenters. The normalized spacial score (nSPS) is 21.8. The number of alkyl halides is 2. The monoisotopic (exact) mass is 322 g/mol. The van der Waals surface area contributed by atoms with Gasteiger partial charge in [0.15, 0.2) is 0 Å². The van der Waals surface area contributed by atoms with Gasteiger partial charge >= 0.3 is 0 Å². The van der Waals surface area contributed by atoms with Crippen molar-refractivity contribution < 1.29 is 8.78 Å². The lowest BCUT2D eigenvalue weighted by Gasteiger charge is -2.32. The third-order valence-electron chi connectivity index (χ3n) is 3.56. The van der Waals surface area contributed by atoms with E-state index < -0.39 is 5.92 Å². The lowest BCUT2D eigenvalue weighted by molar-refractivity contribution is -0.0470. The molecular weight excluding hydrogens is 306 g/mol. The fourth-order valence-electron chi connectivity index (χ4n) is 2.36. The second kappa shape index (κ2) is 5.11. The van der Waals surface area contributed by atoms with Gasteiger partial charge in [-0.3, -0.25) is 0 Å². The summed E-state index contributed by atoms with van der Waals surface area (Å²) in [4.78, 5) is 4.18. The molecule has 102 valence electrons. The molecule has 1 heterocycles. The Morgan fingerprint density at radius 3 is 2.56 bits per heavy atom. The standard InChI is InChI=1S/C11H17BrF2N4/c1-7(8-3-5-11(13,14)6-4-8)15-10-16-9(12)17-18(10)2/h7-8H,3-6H2,1-2H3,(H,15,16,17). The van der Waals surface area contributed by atoms with Crippen LogP contribution in [0.15, 0.2) is 4.73 Å². The van der Waals surface area contributed by atoms with E-state index in [2.05, 4.69) is 31.3 Å². The molecule has 1 aliphatic rings. The minimum absolute atomic E-state index is 0.00774. The number of nitrogens with zero attached hydrogens (tertiary/aromatic N) is 3. The summed E-state index contributed by atoms with van der Waals surface area (Å²) in [5.74, 6) is -1.55. The lowest BCUT2D eigenvalue weighted by atomic mass is 9.83. The molecule has 0 aliphatic heterocycles. The van der Waals surface area contributed by atoms with E-state index in [-0.39, 0.29) is 24.8 Å².